The number of amides is 2. The van der Waals surface area contributed by atoms with E-state index in [1.54, 1.807) is 0 Å². The number of likely N-dealkylation sites (tertiary alicyclic amines) is 1. The number of carbonyl (C=O) groups is 3. The zero-order valence-corrected chi connectivity index (χ0v) is 20.0. The summed E-state index contributed by atoms with van der Waals surface area (Å²) in [5, 5.41) is 12.5. The Morgan fingerprint density at radius 2 is 1.66 bits per heavy atom. The molecular weight excluding hydrogens is 444 g/mol. The number of fused-ring (bicyclic) bond motifs is 3. The molecule has 2 aliphatic carbocycles. The number of rotatable bonds is 7. The fourth-order valence-electron chi connectivity index (χ4n) is 5.66. The van der Waals surface area contributed by atoms with Gasteiger partial charge >= 0.3 is 12.1 Å². The van der Waals surface area contributed by atoms with Crippen LogP contribution in [0.5, 0.6) is 0 Å². The lowest BCUT2D eigenvalue weighted by atomic mass is 9.88. The molecule has 0 radical (unpaired) electrons. The molecule has 3 unspecified atom stereocenters. The molecule has 35 heavy (non-hydrogen) atoms. The first-order valence-electron chi connectivity index (χ1n) is 12.6. The Kier molecular flexibility index (Phi) is 6.50. The molecule has 3 aliphatic rings. The van der Waals surface area contributed by atoms with Gasteiger partial charge in [0.25, 0.3) is 0 Å². The van der Waals surface area contributed by atoms with Crippen LogP contribution in [0.25, 0.3) is 11.1 Å². The van der Waals surface area contributed by atoms with Gasteiger partial charge in [0.15, 0.2) is 0 Å². The van der Waals surface area contributed by atoms with E-state index >= 15 is 0 Å². The number of nitrogens with one attached hydrogen (secondary N) is 1. The summed E-state index contributed by atoms with van der Waals surface area (Å²) < 4.78 is 5.66. The molecule has 3 atom stereocenters. The number of piperidine rings is 1. The van der Waals surface area contributed by atoms with Crippen molar-refractivity contribution < 1.29 is 24.2 Å². The van der Waals surface area contributed by atoms with Gasteiger partial charge in [-0.15, -0.1) is 0 Å². The molecule has 1 saturated carbocycles. The average Bonchev–Trinajstić information content (AvgIpc) is 3.67. The Bertz CT molecular complexity index is 1080. The second-order valence-corrected chi connectivity index (χ2v) is 9.97. The van der Waals surface area contributed by atoms with Crippen molar-refractivity contribution in [3.8, 4) is 11.1 Å². The minimum Gasteiger partial charge on any atom is -0.480 e. The number of alkyl carbamates (subject to hydrolysis) is 1. The van der Waals surface area contributed by atoms with Gasteiger partial charge in [-0.1, -0.05) is 61.9 Å². The SMILES string of the molecule is CCC1CCN(C(=O)C(NC(=O)OCC2c3ccccc3-c3ccccc32)C2CC2)C(C(=O)O)C1. The van der Waals surface area contributed by atoms with Crippen LogP contribution >= 0.6 is 0 Å². The molecule has 0 bridgehead atoms. The number of carbonyl (C=O) groups excluding carboxylic acids is 2. The first-order valence-corrected chi connectivity index (χ1v) is 12.6. The maximum atomic E-state index is 13.4. The van der Waals surface area contributed by atoms with Gasteiger partial charge in [0.2, 0.25) is 5.91 Å². The quantitative estimate of drug-likeness (QED) is 0.617. The van der Waals surface area contributed by atoms with E-state index < -0.39 is 24.1 Å². The van der Waals surface area contributed by atoms with Crippen LogP contribution in [0, 0.1) is 11.8 Å². The highest BCUT2D eigenvalue weighted by molar-refractivity contribution is 5.90. The third-order valence-electron chi connectivity index (χ3n) is 7.83. The van der Waals surface area contributed by atoms with E-state index in [9.17, 15) is 19.5 Å². The second-order valence-electron chi connectivity index (χ2n) is 9.97. The summed E-state index contributed by atoms with van der Waals surface area (Å²) >= 11 is 0. The minimum absolute atomic E-state index is 0.0290. The smallest absolute Gasteiger partial charge is 0.407 e. The zero-order chi connectivity index (χ0) is 24.5. The molecule has 2 fully saturated rings. The molecule has 0 spiro atoms. The van der Waals surface area contributed by atoms with Crippen molar-refractivity contribution in [1.82, 2.24) is 10.2 Å². The molecule has 1 saturated heterocycles. The van der Waals surface area contributed by atoms with E-state index in [4.69, 9.17) is 4.74 Å². The fraction of sp³-hybridized carbons (Fsp3) is 0.464. The van der Waals surface area contributed by atoms with Crippen LogP contribution in [0.4, 0.5) is 4.79 Å². The molecule has 0 aromatic heterocycles. The lowest BCUT2D eigenvalue weighted by Crippen LogP contribution is -2.57. The summed E-state index contributed by atoms with van der Waals surface area (Å²) in [4.78, 5) is 39.6. The number of hydrogen-bond donors (Lipinski definition) is 2. The Morgan fingerprint density at radius 1 is 1.03 bits per heavy atom. The van der Waals surface area contributed by atoms with E-state index in [2.05, 4.69) is 29.6 Å². The molecule has 184 valence electrons. The zero-order valence-electron chi connectivity index (χ0n) is 20.0. The van der Waals surface area contributed by atoms with Gasteiger partial charge in [0.05, 0.1) is 0 Å². The van der Waals surface area contributed by atoms with E-state index in [0.29, 0.717) is 18.9 Å². The molecule has 1 aliphatic heterocycles. The second kappa shape index (κ2) is 9.72. The summed E-state index contributed by atoms with van der Waals surface area (Å²) in [5.74, 6) is -1.02. The number of aliphatic carboxylic acids is 1. The number of ether oxygens (including phenoxy) is 1. The van der Waals surface area contributed by atoms with Gasteiger partial charge in [-0.25, -0.2) is 9.59 Å². The molecule has 2 aromatic rings. The van der Waals surface area contributed by atoms with Crippen LogP contribution in [0.15, 0.2) is 48.5 Å². The normalized spacial score (nSPS) is 22.1. The highest BCUT2D eigenvalue weighted by Gasteiger charge is 2.44. The monoisotopic (exact) mass is 476 g/mol. The topological polar surface area (TPSA) is 95.9 Å². The Balaban J connectivity index is 1.26. The van der Waals surface area contributed by atoms with Crippen LogP contribution in [0.2, 0.25) is 0 Å². The van der Waals surface area contributed by atoms with Gasteiger partial charge in [0.1, 0.15) is 18.7 Å². The summed E-state index contributed by atoms with van der Waals surface area (Å²) in [6, 6.07) is 14.7. The van der Waals surface area contributed by atoms with Crippen LogP contribution in [0.1, 0.15) is 56.1 Å². The van der Waals surface area contributed by atoms with Crippen molar-refractivity contribution in [2.45, 2.75) is 57.0 Å². The highest BCUT2D eigenvalue weighted by atomic mass is 16.5. The first kappa shape index (κ1) is 23.4. The van der Waals surface area contributed by atoms with Crippen molar-refractivity contribution in [3.63, 3.8) is 0 Å². The maximum absolute atomic E-state index is 13.4. The predicted octanol–water partition coefficient (Wildman–Crippen LogP) is 4.41. The third kappa shape index (κ3) is 4.64. The van der Waals surface area contributed by atoms with E-state index in [1.165, 1.54) is 4.90 Å². The van der Waals surface area contributed by atoms with Gasteiger partial charge in [-0.3, -0.25) is 4.79 Å². The van der Waals surface area contributed by atoms with E-state index in [0.717, 1.165) is 47.9 Å². The van der Waals surface area contributed by atoms with Crippen molar-refractivity contribution in [2.24, 2.45) is 11.8 Å². The molecule has 7 nitrogen and oxygen atoms in total. The predicted molar refractivity (Wildman–Crippen MR) is 131 cm³/mol. The molecule has 2 N–H and O–H groups in total. The Hall–Kier alpha value is -3.35. The Morgan fingerprint density at radius 3 is 2.23 bits per heavy atom. The molecule has 2 amide bonds. The number of carboxylic acids is 1. The molecule has 1 heterocycles. The first-order chi connectivity index (χ1) is 17.0. The summed E-state index contributed by atoms with van der Waals surface area (Å²) in [6.07, 6.45) is 3.18. The molecular formula is C28H32N2O5. The lowest BCUT2D eigenvalue weighted by Gasteiger charge is -2.38. The maximum Gasteiger partial charge on any atom is 0.407 e. The van der Waals surface area contributed by atoms with Crippen LogP contribution in [0.3, 0.4) is 0 Å². The average molecular weight is 477 g/mol. The summed E-state index contributed by atoms with van der Waals surface area (Å²) in [6.45, 7) is 2.63. The van der Waals surface area contributed by atoms with E-state index in [1.807, 2.05) is 31.2 Å². The van der Waals surface area contributed by atoms with Crippen molar-refractivity contribution >= 4 is 18.0 Å². The van der Waals surface area contributed by atoms with Crippen LogP contribution in [-0.2, 0) is 14.3 Å². The molecule has 7 heteroatoms. The number of hydrogen-bond acceptors (Lipinski definition) is 4. The largest absolute Gasteiger partial charge is 0.480 e. The molecule has 2 aromatic carbocycles. The van der Waals surface area contributed by atoms with Crippen LogP contribution < -0.4 is 5.32 Å². The number of benzene rings is 2. The fourth-order valence-corrected chi connectivity index (χ4v) is 5.66. The Labute approximate surface area is 205 Å². The lowest BCUT2D eigenvalue weighted by molar-refractivity contribution is -0.154. The summed E-state index contributed by atoms with van der Waals surface area (Å²) in [7, 11) is 0. The number of nitrogens with zero attached hydrogens (tertiary/aromatic N) is 1. The van der Waals surface area contributed by atoms with Gasteiger partial charge in [-0.05, 0) is 59.8 Å². The van der Waals surface area contributed by atoms with Crippen molar-refractivity contribution in [1.29, 1.82) is 0 Å². The van der Waals surface area contributed by atoms with Gasteiger partial charge in [-0.2, -0.15) is 0 Å². The van der Waals surface area contributed by atoms with Gasteiger partial charge in [0, 0.05) is 12.5 Å². The summed E-state index contributed by atoms with van der Waals surface area (Å²) in [5.41, 5.74) is 4.55. The van der Waals surface area contributed by atoms with Crippen LogP contribution in [-0.4, -0.2) is 53.2 Å². The number of carboxylic acid groups (broad SMARTS) is 1. The standard InChI is InChI=1S/C28H32N2O5/c1-2-17-13-14-30(24(15-17)27(32)33)26(31)25(18-11-12-18)29-28(34)35-16-23-21-9-5-3-7-19(21)20-8-4-6-10-22(20)23/h3-10,17-18,23-25H,2,11-16H2,1H3,(H,29,34)(H,32,33). The van der Waals surface area contributed by atoms with E-state index in [-0.39, 0.29) is 24.3 Å². The van der Waals surface area contributed by atoms with Gasteiger partial charge < -0.3 is 20.1 Å². The van der Waals surface area contributed by atoms with Crippen molar-refractivity contribution in [3.05, 3.63) is 59.7 Å². The minimum atomic E-state index is -0.979. The van der Waals surface area contributed by atoms with Crippen molar-refractivity contribution in [2.75, 3.05) is 13.2 Å². The highest BCUT2D eigenvalue weighted by Crippen LogP contribution is 2.44. The molecule has 5 rings (SSSR count). The third-order valence-corrected chi connectivity index (χ3v) is 7.83.